The van der Waals surface area contributed by atoms with E-state index in [-0.39, 0.29) is 24.7 Å². The fourth-order valence-electron chi connectivity index (χ4n) is 2.24. The van der Waals surface area contributed by atoms with Crippen LogP contribution in [0.3, 0.4) is 0 Å². The van der Waals surface area contributed by atoms with Gasteiger partial charge in [-0.3, -0.25) is 4.79 Å². The van der Waals surface area contributed by atoms with E-state index >= 15 is 0 Å². The van der Waals surface area contributed by atoms with Crippen LogP contribution in [0.25, 0.3) is 0 Å². The number of anilines is 2. The minimum Gasteiger partial charge on any atom is -0.491 e. The van der Waals surface area contributed by atoms with E-state index in [0.29, 0.717) is 0 Å². The molecule has 0 saturated carbocycles. The summed E-state index contributed by atoms with van der Waals surface area (Å²) >= 11 is 0. The molecule has 0 aliphatic rings. The first kappa shape index (κ1) is 18.6. The summed E-state index contributed by atoms with van der Waals surface area (Å²) in [6, 6.07) is 14.9. The number of nitrogens with one attached hydrogen (secondary N) is 2. The Bertz CT molecular complexity index is 682. The molecule has 0 fully saturated rings. The van der Waals surface area contributed by atoms with E-state index in [0.717, 1.165) is 22.9 Å². The molecule has 0 unspecified atom stereocenters. The summed E-state index contributed by atoms with van der Waals surface area (Å²) < 4.78 is 11.3. The maximum absolute atomic E-state index is 12.1. The fraction of sp³-hybridized carbons (Fsp3) is 0.350. The van der Waals surface area contributed by atoms with Crippen molar-refractivity contribution in [2.45, 2.75) is 39.9 Å². The van der Waals surface area contributed by atoms with Gasteiger partial charge in [-0.2, -0.15) is 0 Å². The molecule has 2 N–H and O–H groups in total. The van der Waals surface area contributed by atoms with Crippen molar-refractivity contribution < 1.29 is 14.3 Å². The van der Waals surface area contributed by atoms with Crippen molar-refractivity contribution in [3.8, 4) is 11.5 Å². The standard InChI is InChI=1S/C20H26N2O3/c1-14(2)24-17-11-9-16(10-12-17)22-20(23)13-21-18-7-5-6-8-19(18)25-15(3)4/h5-12,14-15,21H,13H2,1-4H3,(H,22,23). The summed E-state index contributed by atoms with van der Waals surface area (Å²) in [6.07, 6.45) is 0.195. The highest BCUT2D eigenvalue weighted by Gasteiger charge is 2.07. The van der Waals surface area contributed by atoms with Crippen LogP contribution < -0.4 is 20.1 Å². The van der Waals surface area contributed by atoms with Crippen LogP contribution in [0, 0.1) is 0 Å². The molecule has 0 radical (unpaired) electrons. The van der Waals surface area contributed by atoms with E-state index in [1.165, 1.54) is 0 Å². The Balaban J connectivity index is 1.89. The highest BCUT2D eigenvalue weighted by molar-refractivity contribution is 5.94. The van der Waals surface area contributed by atoms with Crippen LogP contribution in [0.2, 0.25) is 0 Å². The molecule has 0 saturated heterocycles. The van der Waals surface area contributed by atoms with Gasteiger partial charge in [0.2, 0.25) is 5.91 Å². The average molecular weight is 342 g/mol. The van der Waals surface area contributed by atoms with Gasteiger partial charge < -0.3 is 20.1 Å². The Morgan fingerprint density at radius 3 is 2.20 bits per heavy atom. The van der Waals surface area contributed by atoms with Gasteiger partial charge in [-0.1, -0.05) is 12.1 Å². The Morgan fingerprint density at radius 1 is 0.920 bits per heavy atom. The van der Waals surface area contributed by atoms with Gasteiger partial charge in [0.15, 0.2) is 0 Å². The van der Waals surface area contributed by atoms with E-state index in [1.807, 2.05) is 76.2 Å². The van der Waals surface area contributed by atoms with E-state index in [4.69, 9.17) is 9.47 Å². The van der Waals surface area contributed by atoms with Crippen molar-refractivity contribution in [1.29, 1.82) is 0 Å². The molecule has 0 aromatic heterocycles. The fourth-order valence-corrected chi connectivity index (χ4v) is 2.24. The summed E-state index contributed by atoms with van der Waals surface area (Å²) in [5, 5.41) is 5.97. The lowest BCUT2D eigenvalue weighted by atomic mass is 10.2. The molecule has 134 valence electrons. The van der Waals surface area contributed by atoms with Crippen molar-refractivity contribution in [2.75, 3.05) is 17.2 Å². The first-order valence-corrected chi connectivity index (χ1v) is 8.50. The lowest BCUT2D eigenvalue weighted by molar-refractivity contribution is -0.114. The molecule has 0 aliphatic heterocycles. The maximum Gasteiger partial charge on any atom is 0.243 e. The van der Waals surface area contributed by atoms with Gasteiger partial charge in [0.25, 0.3) is 0 Å². The van der Waals surface area contributed by atoms with Crippen LogP contribution in [0.5, 0.6) is 11.5 Å². The van der Waals surface area contributed by atoms with Gasteiger partial charge in [0.05, 0.1) is 24.4 Å². The zero-order valence-corrected chi connectivity index (χ0v) is 15.2. The predicted molar refractivity (Wildman–Crippen MR) is 102 cm³/mol. The van der Waals surface area contributed by atoms with Gasteiger partial charge in [-0.05, 0) is 64.1 Å². The highest BCUT2D eigenvalue weighted by atomic mass is 16.5. The molecular formula is C20H26N2O3. The topological polar surface area (TPSA) is 59.6 Å². The Kier molecular flexibility index (Phi) is 6.69. The summed E-state index contributed by atoms with van der Waals surface area (Å²) in [5.74, 6) is 1.39. The Morgan fingerprint density at radius 2 is 1.56 bits per heavy atom. The second kappa shape index (κ2) is 8.97. The number of carbonyl (C=O) groups excluding carboxylic acids is 1. The van der Waals surface area contributed by atoms with Crippen LogP contribution in [-0.4, -0.2) is 24.7 Å². The minimum absolute atomic E-state index is 0.0725. The third-order valence-electron chi connectivity index (χ3n) is 3.20. The number of para-hydroxylation sites is 2. The van der Waals surface area contributed by atoms with Crippen molar-refractivity contribution in [1.82, 2.24) is 0 Å². The molecule has 0 atom stereocenters. The van der Waals surface area contributed by atoms with Gasteiger partial charge in [-0.15, -0.1) is 0 Å². The van der Waals surface area contributed by atoms with Crippen molar-refractivity contribution >= 4 is 17.3 Å². The summed E-state index contributed by atoms with van der Waals surface area (Å²) in [6.45, 7) is 8.04. The molecule has 2 aromatic carbocycles. The molecule has 0 bridgehead atoms. The normalized spacial score (nSPS) is 10.6. The maximum atomic E-state index is 12.1. The Hall–Kier alpha value is -2.69. The SMILES string of the molecule is CC(C)Oc1ccc(NC(=O)CNc2ccccc2OC(C)C)cc1. The molecule has 2 rings (SSSR count). The summed E-state index contributed by atoms with van der Waals surface area (Å²) in [7, 11) is 0. The molecule has 5 nitrogen and oxygen atoms in total. The van der Waals surface area contributed by atoms with Gasteiger partial charge in [-0.25, -0.2) is 0 Å². The van der Waals surface area contributed by atoms with Crippen LogP contribution >= 0.6 is 0 Å². The van der Waals surface area contributed by atoms with Crippen LogP contribution in [0.4, 0.5) is 11.4 Å². The molecule has 5 heteroatoms. The number of amides is 1. The first-order chi connectivity index (χ1) is 11.9. The predicted octanol–water partition coefficient (Wildman–Crippen LogP) is 4.31. The lowest BCUT2D eigenvalue weighted by Crippen LogP contribution is -2.22. The largest absolute Gasteiger partial charge is 0.491 e. The zero-order chi connectivity index (χ0) is 18.2. The summed E-state index contributed by atoms with van der Waals surface area (Å²) in [5.41, 5.74) is 1.53. The number of hydrogen-bond donors (Lipinski definition) is 2. The monoisotopic (exact) mass is 342 g/mol. The van der Waals surface area contributed by atoms with Crippen molar-refractivity contribution in [3.05, 3.63) is 48.5 Å². The molecular weight excluding hydrogens is 316 g/mol. The second-order valence-electron chi connectivity index (χ2n) is 6.26. The molecule has 0 aliphatic carbocycles. The number of carbonyl (C=O) groups is 1. The van der Waals surface area contributed by atoms with Crippen LogP contribution in [-0.2, 0) is 4.79 Å². The van der Waals surface area contributed by atoms with Crippen LogP contribution in [0.1, 0.15) is 27.7 Å². The second-order valence-corrected chi connectivity index (χ2v) is 6.26. The van der Waals surface area contributed by atoms with Gasteiger partial charge >= 0.3 is 0 Å². The number of ether oxygens (including phenoxy) is 2. The third-order valence-corrected chi connectivity index (χ3v) is 3.20. The number of hydrogen-bond acceptors (Lipinski definition) is 4. The molecule has 0 heterocycles. The van der Waals surface area contributed by atoms with Gasteiger partial charge in [0.1, 0.15) is 11.5 Å². The summed E-state index contributed by atoms with van der Waals surface area (Å²) in [4.78, 5) is 12.1. The highest BCUT2D eigenvalue weighted by Crippen LogP contribution is 2.24. The lowest BCUT2D eigenvalue weighted by Gasteiger charge is -2.15. The minimum atomic E-state index is -0.128. The Labute approximate surface area is 149 Å². The van der Waals surface area contributed by atoms with E-state index in [1.54, 1.807) is 0 Å². The zero-order valence-electron chi connectivity index (χ0n) is 15.2. The van der Waals surface area contributed by atoms with Gasteiger partial charge in [0, 0.05) is 5.69 Å². The number of rotatable bonds is 8. The van der Waals surface area contributed by atoms with Crippen molar-refractivity contribution in [2.24, 2.45) is 0 Å². The molecule has 25 heavy (non-hydrogen) atoms. The molecule has 1 amide bonds. The average Bonchev–Trinajstić information content (AvgIpc) is 2.55. The molecule has 0 spiro atoms. The van der Waals surface area contributed by atoms with E-state index in [9.17, 15) is 4.79 Å². The number of benzene rings is 2. The van der Waals surface area contributed by atoms with Crippen molar-refractivity contribution in [3.63, 3.8) is 0 Å². The third kappa shape index (κ3) is 6.37. The van der Waals surface area contributed by atoms with Crippen LogP contribution in [0.15, 0.2) is 48.5 Å². The quantitative estimate of drug-likeness (QED) is 0.750. The van der Waals surface area contributed by atoms with E-state index in [2.05, 4.69) is 10.6 Å². The van der Waals surface area contributed by atoms with E-state index < -0.39 is 0 Å². The smallest absolute Gasteiger partial charge is 0.243 e. The molecule has 2 aromatic rings. The first-order valence-electron chi connectivity index (χ1n) is 8.50.